The van der Waals surface area contributed by atoms with Gasteiger partial charge >= 0.3 is 5.69 Å². The van der Waals surface area contributed by atoms with Crippen LogP contribution < -0.4 is 5.32 Å². The number of nitrogens with one attached hydrogen (secondary N) is 1. The van der Waals surface area contributed by atoms with Crippen LogP contribution in [0.2, 0.25) is 0 Å². The Labute approximate surface area is 97.4 Å². The minimum absolute atomic E-state index is 0.230. The zero-order valence-electron chi connectivity index (χ0n) is 9.05. The third-order valence-electron chi connectivity index (χ3n) is 2.68. The minimum atomic E-state index is -0.693. The van der Waals surface area contributed by atoms with Crippen molar-refractivity contribution in [3.63, 3.8) is 0 Å². The van der Waals surface area contributed by atoms with E-state index in [4.69, 9.17) is 0 Å². The summed E-state index contributed by atoms with van der Waals surface area (Å²) < 4.78 is 0. The number of carbonyl (C=O) groups is 1. The number of nitro benzene ring substituents is 1. The van der Waals surface area contributed by atoms with Crippen LogP contribution in [0.3, 0.4) is 0 Å². The molecule has 0 heterocycles. The maximum atomic E-state index is 11.6. The highest BCUT2D eigenvalue weighted by molar-refractivity contribution is 5.95. The van der Waals surface area contributed by atoms with Gasteiger partial charge in [0.2, 0.25) is 0 Å². The Morgan fingerprint density at radius 3 is 2.76 bits per heavy atom. The molecule has 0 bridgehead atoms. The fraction of sp³-hybridized carbons (Fsp3) is 0.364. The first-order chi connectivity index (χ1) is 8.08. The Morgan fingerprint density at radius 1 is 1.53 bits per heavy atom. The van der Waals surface area contributed by atoms with Crippen LogP contribution in [-0.2, 0) is 0 Å². The lowest BCUT2D eigenvalue weighted by Gasteiger charge is -2.04. The molecular formula is C11H12N2O4. The van der Waals surface area contributed by atoms with E-state index in [0.29, 0.717) is 12.5 Å². The first kappa shape index (κ1) is 11.4. The van der Waals surface area contributed by atoms with Crippen molar-refractivity contribution in [3.05, 3.63) is 33.9 Å². The van der Waals surface area contributed by atoms with Gasteiger partial charge in [-0.3, -0.25) is 14.9 Å². The lowest BCUT2D eigenvalue weighted by molar-refractivity contribution is -0.385. The van der Waals surface area contributed by atoms with Crippen LogP contribution in [0.4, 0.5) is 5.69 Å². The highest BCUT2D eigenvalue weighted by Crippen LogP contribution is 2.28. The van der Waals surface area contributed by atoms with Crippen molar-refractivity contribution in [1.29, 1.82) is 0 Å². The molecule has 1 aromatic carbocycles. The van der Waals surface area contributed by atoms with Crippen molar-refractivity contribution in [2.45, 2.75) is 12.8 Å². The molecule has 1 aromatic rings. The van der Waals surface area contributed by atoms with Crippen molar-refractivity contribution in [1.82, 2.24) is 5.32 Å². The molecule has 1 saturated carbocycles. The lowest BCUT2D eigenvalue weighted by atomic mass is 10.1. The highest BCUT2D eigenvalue weighted by Gasteiger charge is 2.22. The summed E-state index contributed by atoms with van der Waals surface area (Å²) in [6, 6.07) is 3.57. The number of nitro groups is 1. The SMILES string of the molecule is O=C(NCC1CC1)c1ccc([N+](=O)[O-])c(O)c1. The van der Waals surface area contributed by atoms with E-state index in [1.807, 2.05) is 0 Å². The smallest absolute Gasteiger partial charge is 0.310 e. The number of carbonyl (C=O) groups excluding carboxylic acids is 1. The Bertz CT molecular complexity index is 469. The molecule has 0 unspecified atom stereocenters. The summed E-state index contributed by atoms with van der Waals surface area (Å²) in [6.07, 6.45) is 2.26. The third-order valence-corrected chi connectivity index (χ3v) is 2.68. The van der Waals surface area contributed by atoms with Crippen molar-refractivity contribution in [3.8, 4) is 5.75 Å². The van der Waals surface area contributed by atoms with E-state index < -0.39 is 16.4 Å². The number of nitrogens with zero attached hydrogens (tertiary/aromatic N) is 1. The van der Waals surface area contributed by atoms with E-state index in [2.05, 4.69) is 5.32 Å². The van der Waals surface area contributed by atoms with Gasteiger partial charge in [0.05, 0.1) is 4.92 Å². The van der Waals surface area contributed by atoms with E-state index in [9.17, 15) is 20.0 Å². The minimum Gasteiger partial charge on any atom is -0.502 e. The van der Waals surface area contributed by atoms with Gasteiger partial charge in [0.15, 0.2) is 5.75 Å². The number of phenols is 1. The number of hydrogen-bond acceptors (Lipinski definition) is 4. The second-order valence-electron chi connectivity index (χ2n) is 4.11. The predicted octanol–water partition coefficient (Wildman–Crippen LogP) is 1.44. The third kappa shape index (κ3) is 2.72. The van der Waals surface area contributed by atoms with Gasteiger partial charge in [-0.05, 0) is 30.9 Å². The van der Waals surface area contributed by atoms with Crippen LogP contribution in [0.1, 0.15) is 23.2 Å². The molecule has 90 valence electrons. The number of benzene rings is 1. The maximum Gasteiger partial charge on any atom is 0.310 e. The van der Waals surface area contributed by atoms with Crippen molar-refractivity contribution in [2.75, 3.05) is 6.54 Å². The largest absolute Gasteiger partial charge is 0.502 e. The van der Waals surface area contributed by atoms with Crippen LogP contribution in [0.25, 0.3) is 0 Å². The summed E-state index contributed by atoms with van der Waals surface area (Å²) >= 11 is 0. The summed E-state index contributed by atoms with van der Waals surface area (Å²) in [5, 5.41) is 22.6. The molecule has 0 atom stereocenters. The first-order valence-corrected chi connectivity index (χ1v) is 5.33. The Morgan fingerprint density at radius 2 is 2.24 bits per heavy atom. The number of aromatic hydroxyl groups is 1. The molecule has 0 spiro atoms. The van der Waals surface area contributed by atoms with Gasteiger partial charge in [-0.1, -0.05) is 0 Å². The normalized spacial score (nSPS) is 14.4. The summed E-state index contributed by atoms with van der Waals surface area (Å²) in [7, 11) is 0. The van der Waals surface area contributed by atoms with Crippen LogP contribution in [0.15, 0.2) is 18.2 Å². The van der Waals surface area contributed by atoms with Crippen molar-refractivity contribution in [2.24, 2.45) is 5.92 Å². The van der Waals surface area contributed by atoms with Gasteiger partial charge in [-0.25, -0.2) is 0 Å². The quantitative estimate of drug-likeness (QED) is 0.611. The average molecular weight is 236 g/mol. The van der Waals surface area contributed by atoms with Crippen molar-refractivity contribution < 1.29 is 14.8 Å². The second kappa shape index (κ2) is 4.40. The van der Waals surface area contributed by atoms with E-state index >= 15 is 0 Å². The first-order valence-electron chi connectivity index (χ1n) is 5.33. The van der Waals surface area contributed by atoms with E-state index in [1.165, 1.54) is 6.07 Å². The van der Waals surface area contributed by atoms with E-state index in [1.54, 1.807) is 0 Å². The molecule has 1 aliphatic carbocycles. The highest BCUT2D eigenvalue weighted by atomic mass is 16.6. The molecule has 2 N–H and O–H groups in total. The Hall–Kier alpha value is -2.11. The molecule has 0 aliphatic heterocycles. The topological polar surface area (TPSA) is 92.5 Å². The summed E-state index contributed by atoms with van der Waals surface area (Å²) in [5.74, 6) is -0.248. The molecule has 2 rings (SSSR count). The molecule has 0 radical (unpaired) electrons. The fourth-order valence-corrected chi connectivity index (χ4v) is 1.48. The molecule has 17 heavy (non-hydrogen) atoms. The molecule has 1 amide bonds. The average Bonchev–Trinajstić information content (AvgIpc) is 3.09. The molecule has 1 aliphatic rings. The molecule has 6 nitrogen and oxygen atoms in total. The van der Waals surface area contributed by atoms with Gasteiger partial charge < -0.3 is 10.4 Å². The van der Waals surface area contributed by atoms with Gasteiger partial charge in [-0.15, -0.1) is 0 Å². The van der Waals surface area contributed by atoms with Crippen LogP contribution in [-0.4, -0.2) is 22.5 Å². The number of amides is 1. The van der Waals surface area contributed by atoms with Gasteiger partial charge in [0.25, 0.3) is 5.91 Å². The summed E-state index contributed by atoms with van der Waals surface area (Å²) in [4.78, 5) is 21.4. The number of phenolic OH excluding ortho intramolecular Hbond substituents is 1. The molecule has 6 heteroatoms. The maximum absolute atomic E-state index is 11.6. The summed E-state index contributed by atoms with van der Waals surface area (Å²) in [6.45, 7) is 0.622. The second-order valence-corrected chi connectivity index (χ2v) is 4.11. The van der Waals surface area contributed by atoms with Crippen LogP contribution in [0.5, 0.6) is 5.75 Å². The fourth-order valence-electron chi connectivity index (χ4n) is 1.48. The van der Waals surface area contributed by atoms with Gasteiger partial charge in [0, 0.05) is 18.2 Å². The molecule has 1 fully saturated rings. The van der Waals surface area contributed by atoms with E-state index in [0.717, 1.165) is 25.0 Å². The Balaban J connectivity index is 2.07. The summed E-state index contributed by atoms with van der Waals surface area (Å²) in [5.41, 5.74) is -0.169. The zero-order valence-corrected chi connectivity index (χ0v) is 9.05. The zero-order chi connectivity index (χ0) is 12.4. The van der Waals surface area contributed by atoms with Crippen LogP contribution >= 0.6 is 0 Å². The van der Waals surface area contributed by atoms with Gasteiger partial charge in [0.1, 0.15) is 0 Å². The Kier molecular flexibility index (Phi) is 2.95. The lowest BCUT2D eigenvalue weighted by Crippen LogP contribution is -2.25. The molecule has 0 saturated heterocycles. The van der Waals surface area contributed by atoms with E-state index in [-0.39, 0.29) is 11.5 Å². The molecular weight excluding hydrogens is 224 g/mol. The predicted molar refractivity (Wildman–Crippen MR) is 59.8 cm³/mol. The number of rotatable bonds is 4. The van der Waals surface area contributed by atoms with Gasteiger partial charge in [-0.2, -0.15) is 0 Å². The standard InChI is InChI=1S/C11H12N2O4/c14-10-5-8(3-4-9(10)13(16)17)11(15)12-6-7-1-2-7/h3-5,7,14H,1-2,6H2,(H,12,15). The molecule has 0 aromatic heterocycles. The van der Waals surface area contributed by atoms with Crippen LogP contribution in [0, 0.1) is 16.0 Å². The number of hydrogen-bond donors (Lipinski definition) is 2. The monoisotopic (exact) mass is 236 g/mol. The van der Waals surface area contributed by atoms with Crippen molar-refractivity contribution >= 4 is 11.6 Å².